The SMILES string of the molecule is CCC(NC)c1nnc(C(C(F)(F)F)C(F)(F)F)s1. The maximum atomic E-state index is 12.5. The van der Waals surface area contributed by atoms with Gasteiger partial charge in [-0.15, -0.1) is 10.2 Å². The average Bonchev–Trinajstić information content (AvgIpc) is 2.64. The zero-order valence-electron chi connectivity index (χ0n) is 9.93. The molecule has 3 nitrogen and oxygen atoms in total. The van der Waals surface area contributed by atoms with Gasteiger partial charge in [-0.3, -0.25) is 0 Å². The number of halogens is 6. The summed E-state index contributed by atoms with van der Waals surface area (Å²) in [6, 6.07) is -0.409. The summed E-state index contributed by atoms with van der Waals surface area (Å²) < 4.78 is 74.9. The molecule has 0 aliphatic rings. The third kappa shape index (κ3) is 3.78. The number of rotatable bonds is 4. The molecule has 1 aromatic heterocycles. The molecule has 1 atom stereocenters. The summed E-state index contributed by atoms with van der Waals surface area (Å²) in [4.78, 5) is 0. The molecule has 1 unspecified atom stereocenters. The van der Waals surface area contributed by atoms with Crippen molar-refractivity contribution in [2.24, 2.45) is 0 Å². The van der Waals surface area contributed by atoms with E-state index in [4.69, 9.17) is 0 Å². The molecule has 0 radical (unpaired) electrons. The first-order valence-electron chi connectivity index (χ1n) is 5.25. The predicted octanol–water partition coefficient (Wildman–Crippen LogP) is 3.42. The van der Waals surface area contributed by atoms with Gasteiger partial charge in [-0.1, -0.05) is 18.3 Å². The van der Waals surface area contributed by atoms with Crippen molar-refractivity contribution in [2.45, 2.75) is 37.7 Å². The molecular formula is C9H11F6N3S. The van der Waals surface area contributed by atoms with Crippen LogP contribution in [0.25, 0.3) is 0 Å². The van der Waals surface area contributed by atoms with Crippen molar-refractivity contribution in [2.75, 3.05) is 7.05 Å². The van der Waals surface area contributed by atoms with Gasteiger partial charge in [0, 0.05) is 0 Å². The van der Waals surface area contributed by atoms with Gasteiger partial charge < -0.3 is 5.32 Å². The number of aromatic nitrogens is 2. The van der Waals surface area contributed by atoms with E-state index in [1.54, 1.807) is 14.0 Å². The summed E-state index contributed by atoms with van der Waals surface area (Å²) in [7, 11) is 1.54. The fourth-order valence-corrected chi connectivity index (χ4v) is 2.66. The van der Waals surface area contributed by atoms with Crippen LogP contribution in [0.1, 0.15) is 35.3 Å². The molecule has 1 aromatic rings. The molecule has 0 aliphatic carbocycles. The van der Waals surface area contributed by atoms with Crippen LogP contribution in [0.3, 0.4) is 0 Å². The van der Waals surface area contributed by atoms with E-state index >= 15 is 0 Å². The van der Waals surface area contributed by atoms with Gasteiger partial charge in [0.2, 0.25) is 5.92 Å². The molecule has 0 amide bonds. The normalized spacial score (nSPS) is 15.0. The standard InChI is InChI=1S/C9H11F6N3S/c1-3-4(16-2)6-17-18-7(19-6)5(8(10,11)12)9(13,14)15/h4-5,16H,3H2,1-2H3. The lowest BCUT2D eigenvalue weighted by Gasteiger charge is -2.20. The van der Waals surface area contributed by atoms with Crippen LogP contribution >= 0.6 is 11.3 Å². The third-order valence-electron chi connectivity index (χ3n) is 2.41. The first kappa shape index (κ1) is 16.2. The molecule has 0 saturated carbocycles. The van der Waals surface area contributed by atoms with Crippen LogP contribution in [-0.4, -0.2) is 29.6 Å². The number of nitrogens with one attached hydrogen (secondary N) is 1. The highest BCUT2D eigenvalue weighted by molar-refractivity contribution is 7.11. The van der Waals surface area contributed by atoms with Crippen LogP contribution in [-0.2, 0) is 0 Å². The first-order valence-corrected chi connectivity index (χ1v) is 6.06. The Morgan fingerprint density at radius 3 is 1.89 bits per heavy atom. The molecule has 0 aliphatic heterocycles. The Kier molecular flexibility index (Phi) is 4.77. The lowest BCUT2D eigenvalue weighted by molar-refractivity contribution is -0.253. The van der Waals surface area contributed by atoms with Crippen LogP contribution in [0.2, 0.25) is 0 Å². The van der Waals surface area contributed by atoms with Crippen LogP contribution in [0.4, 0.5) is 26.3 Å². The fraction of sp³-hybridized carbons (Fsp3) is 0.778. The van der Waals surface area contributed by atoms with Gasteiger partial charge in [0.05, 0.1) is 6.04 Å². The second-order valence-corrected chi connectivity index (χ2v) is 4.78. The van der Waals surface area contributed by atoms with Crippen LogP contribution in [0.5, 0.6) is 0 Å². The van der Waals surface area contributed by atoms with Crippen LogP contribution in [0, 0.1) is 0 Å². The minimum Gasteiger partial charge on any atom is -0.311 e. The highest BCUT2D eigenvalue weighted by atomic mass is 32.1. The Morgan fingerprint density at radius 1 is 1.05 bits per heavy atom. The van der Waals surface area contributed by atoms with E-state index in [0.29, 0.717) is 17.8 Å². The molecule has 110 valence electrons. The van der Waals surface area contributed by atoms with E-state index in [9.17, 15) is 26.3 Å². The third-order valence-corrected chi connectivity index (χ3v) is 3.51. The molecule has 19 heavy (non-hydrogen) atoms. The van der Waals surface area contributed by atoms with Crippen LogP contribution < -0.4 is 5.32 Å². The zero-order valence-corrected chi connectivity index (χ0v) is 10.7. The van der Waals surface area contributed by atoms with Crippen molar-refractivity contribution in [3.8, 4) is 0 Å². The summed E-state index contributed by atoms with van der Waals surface area (Å²) in [6.45, 7) is 1.73. The minimum atomic E-state index is -5.43. The molecule has 0 saturated heterocycles. The number of hydrogen-bond donors (Lipinski definition) is 1. The second kappa shape index (κ2) is 5.61. The van der Waals surface area contributed by atoms with E-state index in [1.165, 1.54) is 0 Å². The van der Waals surface area contributed by atoms with Crippen molar-refractivity contribution in [3.63, 3.8) is 0 Å². The lowest BCUT2D eigenvalue weighted by Crippen LogP contribution is -2.34. The number of nitrogens with zero attached hydrogens (tertiary/aromatic N) is 2. The first-order chi connectivity index (χ1) is 8.61. The Balaban J connectivity index is 3.13. The maximum absolute atomic E-state index is 12.5. The van der Waals surface area contributed by atoms with Gasteiger partial charge in [0.25, 0.3) is 0 Å². The summed E-state index contributed by atoms with van der Waals surface area (Å²) in [6.07, 6.45) is -10.4. The van der Waals surface area contributed by atoms with Gasteiger partial charge in [-0.05, 0) is 13.5 Å². The van der Waals surface area contributed by atoms with E-state index in [0.717, 1.165) is 0 Å². The monoisotopic (exact) mass is 307 g/mol. The van der Waals surface area contributed by atoms with E-state index in [2.05, 4.69) is 15.5 Å². The van der Waals surface area contributed by atoms with Gasteiger partial charge in [-0.2, -0.15) is 26.3 Å². The quantitative estimate of drug-likeness (QED) is 0.866. The number of alkyl halides is 6. The molecular weight excluding hydrogens is 296 g/mol. The highest BCUT2D eigenvalue weighted by Gasteiger charge is 2.59. The summed E-state index contributed by atoms with van der Waals surface area (Å²) >= 11 is 0.327. The Hall–Kier alpha value is -0.900. The Bertz CT molecular complexity index is 395. The smallest absolute Gasteiger partial charge is 0.311 e. The largest absolute Gasteiger partial charge is 0.406 e. The zero-order chi connectivity index (χ0) is 14.8. The summed E-state index contributed by atoms with van der Waals surface area (Å²) in [5.41, 5.74) is 0. The van der Waals surface area contributed by atoms with Crippen molar-refractivity contribution < 1.29 is 26.3 Å². The summed E-state index contributed by atoms with van der Waals surface area (Å²) in [5.74, 6) is -3.58. The summed E-state index contributed by atoms with van der Waals surface area (Å²) in [5, 5.41) is 8.24. The van der Waals surface area contributed by atoms with Crippen molar-refractivity contribution >= 4 is 11.3 Å². The number of hydrogen-bond acceptors (Lipinski definition) is 4. The van der Waals surface area contributed by atoms with E-state index in [-0.39, 0.29) is 5.01 Å². The van der Waals surface area contributed by atoms with Crippen molar-refractivity contribution in [1.82, 2.24) is 15.5 Å². The molecule has 0 bridgehead atoms. The van der Waals surface area contributed by atoms with Gasteiger partial charge >= 0.3 is 12.4 Å². The molecule has 0 aromatic carbocycles. The molecule has 0 fully saturated rings. The Morgan fingerprint density at radius 2 is 1.53 bits per heavy atom. The van der Waals surface area contributed by atoms with Crippen molar-refractivity contribution in [1.29, 1.82) is 0 Å². The molecule has 1 heterocycles. The van der Waals surface area contributed by atoms with Gasteiger partial charge in [0.15, 0.2) is 0 Å². The van der Waals surface area contributed by atoms with Crippen molar-refractivity contribution in [3.05, 3.63) is 10.0 Å². The molecule has 1 rings (SSSR count). The average molecular weight is 307 g/mol. The lowest BCUT2D eigenvalue weighted by atomic mass is 10.1. The predicted molar refractivity (Wildman–Crippen MR) is 56.9 cm³/mol. The fourth-order valence-electron chi connectivity index (χ4n) is 1.47. The molecule has 10 heteroatoms. The maximum Gasteiger partial charge on any atom is 0.406 e. The van der Waals surface area contributed by atoms with E-state index < -0.39 is 29.3 Å². The highest BCUT2D eigenvalue weighted by Crippen LogP contribution is 2.47. The van der Waals surface area contributed by atoms with Gasteiger partial charge in [0.1, 0.15) is 10.0 Å². The molecule has 1 N–H and O–H groups in total. The van der Waals surface area contributed by atoms with Gasteiger partial charge in [-0.25, -0.2) is 0 Å². The second-order valence-electron chi connectivity index (χ2n) is 3.74. The van der Waals surface area contributed by atoms with Crippen LogP contribution in [0.15, 0.2) is 0 Å². The topological polar surface area (TPSA) is 37.8 Å². The minimum absolute atomic E-state index is 0.110. The van der Waals surface area contributed by atoms with E-state index in [1.807, 2.05) is 0 Å². The Labute approximate surface area is 109 Å². The molecule has 0 spiro atoms.